The Morgan fingerprint density at radius 3 is 2.92 bits per heavy atom. The van der Waals surface area contributed by atoms with Crippen molar-refractivity contribution in [2.24, 2.45) is 0 Å². The summed E-state index contributed by atoms with van der Waals surface area (Å²) >= 11 is 1.51. The summed E-state index contributed by atoms with van der Waals surface area (Å²) < 4.78 is 7.20. The SMILES string of the molecule is C=CCc1ccccc1OCC(O)Cn1cnc2sc(C)c(C)c2c1=O. The average molecular weight is 370 g/mol. The minimum absolute atomic E-state index is 0.0975. The summed E-state index contributed by atoms with van der Waals surface area (Å²) in [7, 11) is 0. The van der Waals surface area contributed by atoms with Crippen LogP contribution >= 0.6 is 11.3 Å². The van der Waals surface area contributed by atoms with Gasteiger partial charge < -0.3 is 9.84 Å². The number of thiophene rings is 1. The number of ether oxygens (including phenoxy) is 1. The highest BCUT2D eigenvalue weighted by Crippen LogP contribution is 2.25. The van der Waals surface area contributed by atoms with Gasteiger partial charge in [-0.15, -0.1) is 17.9 Å². The van der Waals surface area contributed by atoms with Gasteiger partial charge in [-0.25, -0.2) is 4.98 Å². The Balaban J connectivity index is 1.73. The zero-order valence-corrected chi connectivity index (χ0v) is 15.8. The second-order valence-corrected chi connectivity index (χ2v) is 7.43. The number of aryl methyl sites for hydroxylation is 2. The first-order valence-electron chi connectivity index (χ1n) is 8.46. The van der Waals surface area contributed by atoms with Crippen LogP contribution in [-0.2, 0) is 13.0 Å². The first-order valence-corrected chi connectivity index (χ1v) is 9.27. The zero-order valence-electron chi connectivity index (χ0n) is 14.9. The Morgan fingerprint density at radius 2 is 2.15 bits per heavy atom. The van der Waals surface area contributed by atoms with Gasteiger partial charge in [-0.3, -0.25) is 9.36 Å². The number of aliphatic hydroxyl groups excluding tert-OH is 1. The zero-order chi connectivity index (χ0) is 18.7. The molecule has 1 unspecified atom stereocenters. The Kier molecular flexibility index (Phi) is 5.54. The van der Waals surface area contributed by atoms with E-state index in [1.807, 2.05) is 44.2 Å². The van der Waals surface area contributed by atoms with Crippen LogP contribution in [0.25, 0.3) is 10.2 Å². The molecule has 1 aromatic carbocycles. The van der Waals surface area contributed by atoms with Gasteiger partial charge in [0, 0.05) is 4.88 Å². The fourth-order valence-corrected chi connectivity index (χ4v) is 3.82. The van der Waals surface area contributed by atoms with Crippen LogP contribution in [-0.4, -0.2) is 27.4 Å². The molecule has 2 heterocycles. The molecule has 0 aliphatic carbocycles. The minimum Gasteiger partial charge on any atom is -0.491 e. The summed E-state index contributed by atoms with van der Waals surface area (Å²) in [6, 6.07) is 7.66. The molecule has 0 spiro atoms. The van der Waals surface area contributed by atoms with Gasteiger partial charge in [0.1, 0.15) is 23.3 Å². The second kappa shape index (κ2) is 7.85. The Bertz CT molecular complexity index is 990. The van der Waals surface area contributed by atoms with Crippen LogP contribution in [0.1, 0.15) is 16.0 Å². The van der Waals surface area contributed by atoms with E-state index in [0.717, 1.165) is 26.6 Å². The summed E-state index contributed by atoms with van der Waals surface area (Å²) in [4.78, 5) is 18.9. The molecule has 136 valence electrons. The molecule has 0 amide bonds. The topological polar surface area (TPSA) is 64.3 Å². The molecule has 5 nitrogen and oxygen atoms in total. The van der Waals surface area contributed by atoms with Gasteiger partial charge in [-0.05, 0) is 37.5 Å². The molecule has 0 saturated heterocycles. The standard InChI is InChI=1S/C20H22N2O3S/c1-4-7-15-8-5-6-9-17(15)25-11-16(23)10-22-12-21-19-18(20(22)24)13(2)14(3)26-19/h4-6,8-9,12,16,23H,1,7,10-11H2,2-3H3. The van der Waals surface area contributed by atoms with Crippen molar-refractivity contribution in [1.82, 2.24) is 9.55 Å². The molecule has 2 aromatic heterocycles. The minimum atomic E-state index is -0.816. The van der Waals surface area contributed by atoms with E-state index in [9.17, 15) is 9.90 Å². The number of benzene rings is 1. The highest BCUT2D eigenvalue weighted by atomic mass is 32.1. The number of nitrogens with zero attached hydrogens (tertiary/aromatic N) is 2. The van der Waals surface area contributed by atoms with E-state index in [0.29, 0.717) is 11.8 Å². The molecule has 0 aliphatic heterocycles. The molecule has 6 heteroatoms. The van der Waals surface area contributed by atoms with Gasteiger partial charge in [-0.1, -0.05) is 24.3 Å². The van der Waals surface area contributed by atoms with Crippen LogP contribution < -0.4 is 10.3 Å². The highest BCUT2D eigenvalue weighted by Gasteiger charge is 2.15. The molecule has 0 aliphatic rings. The monoisotopic (exact) mass is 370 g/mol. The lowest BCUT2D eigenvalue weighted by Gasteiger charge is -2.15. The van der Waals surface area contributed by atoms with Gasteiger partial charge in [0.15, 0.2) is 0 Å². The molecule has 3 rings (SSSR count). The molecule has 0 radical (unpaired) electrons. The van der Waals surface area contributed by atoms with Gasteiger partial charge in [0.05, 0.1) is 18.3 Å². The van der Waals surface area contributed by atoms with Crippen LogP contribution in [0.5, 0.6) is 5.75 Å². The maximum Gasteiger partial charge on any atom is 0.262 e. The number of rotatable bonds is 7. The van der Waals surface area contributed by atoms with Crippen LogP contribution in [0.2, 0.25) is 0 Å². The summed E-state index contributed by atoms with van der Waals surface area (Å²) in [6.07, 6.45) is 3.19. The normalized spacial score (nSPS) is 12.3. The van der Waals surface area contributed by atoms with E-state index < -0.39 is 6.10 Å². The fourth-order valence-electron chi connectivity index (χ4n) is 2.83. The molecular formula is C20H22N2O3S. The molecule has 1 atom stereocenters. The quantitative estimate of drug-likeness (QED) is 0.649. The van der Waals surface area contributed by atoms with E-state index >= 15 is 0 Å². The third-order valence-corrected chi connectivity index (χ3v) is 5.45. The van der Waals surface area contributed by atoms with Crippen molar-refractivity contribution < 1.29 is 9.84 Å². The first kappa shape index (κ1) is 18.4. The van der Waals surface area contributed by atoms with Gasteiger partial charge in [0.25, 0.3) is 5.56 Å². The lowest BCUT2D eigenvalue weighted by molar-refractivity contribution is 0.0911. The fraction of sp³-hybridized carbons (Fsp3) is 0.300. The van der Waals surface area contributed by atoms with Crippen LogP contribution in [0.3, 0.4) is 0 Å². The Hall–Kier alpha value is -2.44. The van der Waals surface area contributed by atoms with Crippen molar-refractivity contribution >= 4 is 21.6 Å². The number of hydrogen-bond acceptors (Lipinski definition) is 5. The smallest absolute Gasteiger partial charge is 0.262 e. The van der Waals surface area contributed by atoms with Crippen molar-refractivity contribution in [1.29, 1.82) is 0 Å². The van der Waals surface area contributed by atoms with Crippen molar-refractivity contribution in [3.05, 3.63) is 69.6 Å². The van der Waals surface area contributed by atoms with E-state index in [2.05, 4.69) is 11.6 Å². The summed E-state index contributed by atoms with van der Waals surface area (Å²) in [5, 5.41) is 11.0. The highest BCUT2D eigenvalue weighted by molar-refractivity contribution is 7.18. The van der Waals surface area contributed by atoms with Gasteiger partial charge >= 0.3 is 0 Å². The Morgan fingerprint density at radius 1 is 1.38 bits per heavy atom. The lowest BCUT2D eigenvalue weighted by atomic mass is 10.1. The van der Waals surface area contributed by atoms with Crippen molar-refractivity contribution in [2.45, 2.75) is 32.9 Å². The number of aliphatic hydroxyl groups is 1. The van der Waals surface area contributed by atoms with Crippen molar-refractivity contribution in [3.8, 4) is 5.75 Å². The predicted octanol–water partition coefficient (Wildman–Crippen LogP) is 3.24. The van der Waals surface area contributed by atoms with Crippen LogP contribution in [0, 0.1) is 13.8 Å². The third kappa shape index (κ3) is 3.71. The summed E-state index contributed by atoms with van der Waals surface area (Å²) in [5.41, 5.74) is 1.85. The molecule has 3 aromatic rings. The largest absolute Gasteiger partial charge is 0.491 e. The van der Waals surface area contributed by atoms with Crippen molar-refractivity contribution in [2.75, 3.05) is 6.61 Å². The molecule has 0 saturated carbocycles. The van der Waals surface area contributed by atoms with E-state index in [4.69, 9.17) is 4.74 Å². The molecular weight excluding hydrogens is 348 g/mol. The summed E-state index contributed by atoms with van der Waals surface area (Å²) in [6.45, 7) is 7.89. The number of para-hydroxylation sites is 1. The van der Waals surface area contributed by atoms with Gasteiger partial charge in [-0.2, -0.15) is 0 Å². The average Bonchev–Trinajstić information content (AvgIpc) is 2.92. The molecule has 26 heavy (non-hydrogen) atoms. The predicted molar refractivity (Wildman–Crippen MR) is 105 cm³/mol. The Labute approximate surface area is 156 Å². The van der Waals surface area contributed by atoms with Crippen LogP contribution in [0.15, 0.2) is 48.0 Å². The van der Waals surface area contributed by atoms with Crippen molar-refractivity contribution in [3.63, 3.8) is 0 Å². The second-order valence-electron chi connectivity index (χ2n) is 6.23. The van der Waals surface area contributed by atoms with Gasteiger partial charge in [0.2, 0.25) is 0 Å². The van der Waals surface area contributed by atoms with Crippen LogP contribution in [0.4, 0.5) is 0 Å². The number of hydrogen-bond donors (Lipinski definition) is 1. The number of allylic oxidation sites excluding steroid dienone is 1. The first-order chi connectivity index (χ1) is 12.5. The third-order valence-electron chi connectivity index (χ3n) is 4.33. The number of aromatic nitrogens is 2. The van der Waals surface area contributed by atoms with E-state index in [-0.39, 0.29) is 18.7 Å². The summed E-state index contributed by atoms with van der Waals surface area (Å²) in [5.74, 6) is 0.719. The van der Waals surface area contributed by atoms with E-state index in [1.54, 1.807) is 0 Å². The molecule has 1 N–H and O–H groups in total. The maximum absolute atomic E-state index is 12.7. The molecule has 0 bridgehead atoms. The van der Waals surface area contributed by atoms with E-state index in [1.165, 1.54) is 22.2 Å². The lowest BCUT2D eigenvalue weighted by Crippen LogP contribution is -2.30. The number of fused-ring (bicyclic) bond motifs is 1. The maximum atomic E-state index is 12.7. The molecule has 0 fully saturated rings.